The molecule has 0 spiro atoms. The highest BCUT2D eigenvalue weighted by Crippen LogP contribution is 2.27. The van der Waals surface area contributed by atoms with Crippen LogP contribution >= 0.6 is 0 Å². The summed E-state index contributed by atoms with van der Waals surface area (Å²) in [7, 11) is 0. The number of pyridine rings is 1. The predicted molar refractivity (Wildman–Crippen MR) is 72.4 cm³/mol. The van der Waals surface area contributed by atoms with Gasteiger partial charge in [0.25, 0.3) is 0 Å². The first-order chi connectivity index (χ1) is 9.17. The summed E-state index contributed by atoms with van der Waals surface area (Å²) in [6.45, 7) is 2.42. The number of hydrogen-bond donors (Lipinski definition) is 1. The quantitative estimate of drug-likeness (QED) is 0.917. The molecular formula is C14H13FN4. The largest absolute Gasteiger partial charge is 0.396 e. The molecule has 19 heavy (non-hydrogen) atoms. The van der Waals surface area contributed by atoms with Crippen LogP contribution < -0.4 is 10.6 Å². The number of anilines is 3. The van der Waals surface area contributed by atoms with Gasteiger partial charge in [-0.3, -0.25) is 0 Å². The maximum Gasteiger partial charge on any atom is 0.165 e. The van der Waals surface area contributed by atoms with Crippen molar-refractivity contribution >= 4 is 17.2 Å². The number of halogens is 1. The Bertz CT molecular complexity index is 634. The second-order valence-corrected chi connectivity index (χ2v) is 3.91. The van der Waals surface area contributed by atoms with Gasteiger partial charge in [-0.05, 0) is 31.2 Å². The van der Waals surface area contributed by atoms with Crippen LogP contribution in [-0.2, 0) is 0 Å². The van der Waals surface area contributed by atoms with Crippen LogP contribution in [0.3, 0.4) is 0 Å². The molecule has 0 aliphatic heterocycles. The van der Waals surface area contributed by atoms with Crippen LogP contribution in [0.2, 0.25) is 0 Å². The molecule has 1 aromatic carbocycles. The van der Waals surface area contributed by atoms with Crippen LogP contribution in [-0.4, -0.2) is 11.5 Å². The average molecular weight is 256 g/mol. The van der Waals surface area contributed by atoms with Gasteiger partial charge in [0, 0.05) is 6.54 Å². The van der Waals surface area contributed by atoms with E-state index in [1.54, 1.807) is 35.2 Å². The van der Waals surface area contributed by atoms with Gasteiger partial charge in [0.1, 0.15) is 17.7 Å². The first-order valence-corrected chi connectivity index (χ1v) is 5.86. The van der Waals surface area contributed by atoms with Gasteiger partial charge >= 0.3 is 0 Å². The van der Waals surface area contributed by atoms with Crippen LogP contribution in [0.5, 0.6) is 0 Å². The third-order valence-corrected chi connectivity index (χ3v) is 2.75. The van der Waals surface area contributed by atoms with Crippen molar-refractivity contribution in [3.63, 3.8) is 0 Å². The highest BCUT2D eigenvalue weighted by atomic mass is 19.1. The summed E-state index contributed by atoms with van der Waals surface area (Å²) in [5.74, 6) is 0.167. The first kappa shape index (κ1) is 12.8. The Morgan fingerprint density at radius 2 is 2.05 bits per heavy atom. The van der Waals surface area contributed by atoms with E-state index in [2.05, 4.69) is 4.98 Å². The number of nitrogen functional groups attached to an aromatic ring is 1. The van der Waals surface area contributed by atoms with Gasteiger partial charge in [-0.2, -0.15) is 5.26 Å². The highest BCUT2D eigenvalue weighted by Gasteiger charge is 2.14. The average Bonchev–Trinajstić information content (AvgIpc) is 2.43. The summed E-state index contributed by atoms with van der Waals surface area (Å²) in [5, 5.41) is 8.94. The Morgan fingerprint density at radius 1 is 1.32 bits per heavy atom. The minimum absolute atomic E-state index is 0.146. The van der Waals surface area contributed by atoms with E-state index in [9.17, 15) is 4.39 Å². The minimum Gasteiger partial charge on any atom is -0.396 e. The fraction of sp³-hybridized carbons (Fsp3) is 0.143. The monoisotopic (exact) mass is 256 g/mol. The highest BCUT2D eigenvalue weighted by molar-refractivity contribution is 5.63. The molecule has 0 aliphatic carbocycles. The number of hydrogen-bond acceptors (Lipinski definition) is 4. The summed E-state index contributed by atoms with van der Waals surface area (Å²) in [6, 6.07) is 11.6. The predicted octanol–water partition coefficient (Wildman–Crippen LogP) is 2.83. The van der Waals surface area contributed by atoms with Gasteiger partial charge in [0.05, 0.1) is 11.4 Å². The minimum atomic E-state index is -0.332. The molecule has 2 rings (SSSR count). The van der Waals surface area contributed by atoms with Crippen molar-refractivity contribution in [3.05, 3.63) is 47.9 Å². The van der Waals surface area contributed by atoms with E-state index >= 15 is 0 Å². The zero-order valence-corrected chi connectivity index (χ0v) is 10.5. The number of nitriles is 1. The van der Waals surface area contributed by atoms with Crippen LogP contribution in [0, 0.1) is 17.1 Å². The Balaban J connectivity index is 2.49. The molecule has 4 nitrogen and oxygen atoms in total. The molecule has 0 unspecified atom stereocenters. The van der Waals surface area contributed by atoms with E-state index < -0.39 is 0 Å². The SMILES string of the molecule is CCN(c1ccc(N)c(C#N)n1)c1ccccc1F. The molecule has 1 aromatic heterocycles. The second kappa shape index (κ2) is 5.36. The maximum atomic E-state index is 13.8. The van der Waals surface area contributed by atoms with Crippen molar-refractivity contribution in [2.24, 2.45) is 0 Å². The maximum absolute atomic E-state index is 13.8. The fourth-order valence-electron chi connectivity index (χ4n) is 1.83. The molecule has 2 aromatic rings. The van der Waals surface area contributed by atoms with Gasteiger partial charge in [-0.25, -0.2) is 9.37 Å². The molecule has 1 heterocycles. The molecule has 2 N–H and O–H groups in total. The van der Waals surface area contributed by atoms with E-state index in [1.807, 2.05) is 13.0 Å². The van der Waals surface area contributed by atoms with Crippen molar-refractivity contribution in [1.29, 1.82) is 5.26 Å². The smallest absolute Gasteiger partial charge is 0.165 e. The lowest BCUT2D eigenvalue weighted by Gasteiger charge is -2.22. The Morgan fingerprint density at radius 3 is 2.68 bits per heavy atom. The third kappa shape index (κ3) is 2.47. The van der Waals surface area contributed by atoms with E-state index in [4.69, 9.17) is 11.0 Å². The Hall–Kier alpha value is -2.61. The molecule has 0 radical (unpaired) electrons. The number of benzene rings is 1. The Kier molecular flexibility index (Phi) is 3.62. The van der Waals surface area contributed by atoms with Gasteiger partial charge in [0.2, 0.25) is 0 Å². The molecule has 0 atom stereocenters. The van der Waals surface area contributed by atoms with E-state index in [-0.39, 0.29) is 11.5 Å². The van der Waals surface area contributed by atoms with Crippen LogP contribution in [0.4, 0.5) is 21.6 Å². The zero-order chi connectivity index (χ0) is 13.8. The van der Waals surface area contributed by atoms with Crippen molar-refractivity contribution in [2.45, 2.75) is 6.92 Å². The molecular weight excluding hydrogens is 243 g/mol. The van der Waals surface area contributed by atoms with Gasteiger partial charge < -0.3 is 10.6 Å². The summed E-state index contributed by atoms with van der Waals surface area (Å²) in [6.07, 6.45) is 0. The van der Waals surface area contributed by atoms with Gasteiger partial charge in [0.15, 0.2) is 5.69 Å². The number of aromatic nitrogens is 1. The van der Waals surface area contributed by atoms with Crippen molar-refractivity contribution in [2.75, 3.05) is 17.2 Å². The van der Waals surface area contributed by atoms with Crippen LogP contribution in [0.15, 0.2) is 36.4 Å². The second-order valence-electron chi connectivity index (χ2n) is 3.91. The van der Waals surface area contributed by atoms with Gasteiger partial charge in [-0.1, -0.05) is 12.1 Å². The lowest BCUT2D eigenvalue weighted by molar-refractivity contribution is 0.625. The summed E-state index contributed by atoms with van der Waals surface area (Å²) >= 11 is 0. The topological polar surface area (TPSA) is 65.9 Å². The molecule has 0 saturated carbocycles. The number of para-hydroxylation sites is 1. The van der Waals surface area contributed by atoms with Crippen molar-refractivity contribution < 1.29 is 4.39 Å². The van der Waals surface area contributed by atoms with Crippen LogP contribution in [0.25, 0.3) is 0 Å². The molecule has 0 amide bonds. The van der Waals surface area contributed by atoms with E-state index in [0.29, 0.717) is 23.7 Å². The molecule has 0 saturated heterocycles. The van der Waals surface area contributed by atoms with Gasteiger partial charge in [-0.15, -0.1) is 0 Å². The normalized spacial score (nSPS) is 9.95. The lowest BCUT2D eigenvalue weighted by atomic mass is 10.2. The molecule has 0 aliphatic rings. The summed E-state index contributed by atoms with van der Waals surface area (Å²) in [4.78, 5) is 5.84. The summed E-state index contributed by atoms with van der Waals surface area (Å²) < 4.78 is 13.8. The van der Waals surface area contributed by atoms with Crippen molar-refractivity contribution in [3.8, 4) is 6.07 Å². The molecule has 5 heteroatoms. The van der Waals surface area contributed by atoms with E-state index in [0.717, 1.165) is 0 Å². The summed E-state index contributed by atoms with van der Waals surface area (Å²) in [5.41, 5.74) is 6.52. The van der Waals surface area contributed by atoms with Crippen LogP contribution in [0.1, 0.15) is 12.6 Å². The molecule has 0 fully saturated rings. The zero-order valence-electron chi connectivity index (χ0n) is 10.5. The lowest BCUT2D eigenvalue weighted by Crippen LogP contribution is -2.19. The number of nitrogens with zero attached hydrogens (tertiary/aromatic N) is 3. The van der Waals surface area contributed by atoms with Crippen molar-refractivity contribution in [1.82, 2.24) is 4.98 Å². The molecule has 96 valence electrons. The number of nitrogens with two attached hydrogens (primary N) is 1. The van der Waals surface area contributed by atoms with E-state index in [1.165, 1.54) is 6.07 Å². The Labute approximate surface area is 110 Å². The fourth-order valence-corrected chi connectivity index (χ4v) is 1.83. The third-order valence-electron chi connectivity index (χ3n) is 2.75. The molecule has 0 bridgehead atoms. The number of rotatable bonds is 3. The first-order valence-electron chi connectivity index (χ1n) is 5.86. The standard InChI is InChI=1S/C14H13FN4/c1-2-19(13-6-4-3-5-10(13)15)14-8-7-11(17)12(9-16)18-14/h3-8H,2,17H2,1H3.